The number of allylic oxidation sites excluding steroid dienone is 2. The molecule has 2 unspecified atom stereocenters. The SMILES string of the molecule is CN1NC(=NS(C)(=O)=O)C2C(Cl)=CC=C(n3c([C@H](Cc4cc(F)cc(F)c4)NC(=O)Cn4nc(C(F)F)c5c4C(F)(F)[C@@H]4C[C@H]54)nc4cc(-c5ccn[nH]5)ccc4c3=O)C21. The van der Waals surface area contributed by atoms with E-state index in [1.807, 2.05) is 0 Å². The van der Waals surface area contributed by atoms with Crippen LogP contribution < -0.4 is 16.3 Å². The normalized spacial score (nSPS) is 22.9. The number of hydrogen-bond acceptors (Lipinski definition) is 8. The summed E-state index contributed by atoms with van der Waals surface area (Å²) in [6.45, 7) is -0.969. The van der Waals surface area contributed by atoms with Gasteiger partial charge in [-0.15, -0.1) is 4.40 Å². The average Bonchev–Trinajstić information content (AvgIpc) is 3.40. The summed E-state index contributed by atoms with van der Waals surface area (Å²) < 4.78 is 119. The summed E-state index contributed by atoms with van der Waals surface area (Å²) in [6, 6.07) is 6.58. The van der Waals surface area contributed by atoms with Crippen LogP contribution in [-0.2, 0) is 33.7 Å². The van der Waals surface area contributed by atoms with E-state index >= 15 is 8.78 Å². The zero-order chi connectivity index (χ0) is 42.6. The van der Waals surface area contributed by atoms with Crippen LogP contribution in [0.15, 0.2) is 75.0 Å². The Kier molecular flexibility index (Phi) is 9.35. The van der Waals surface area contributed by atoms with Crippen LogP contribution in [0.4, 0.5) is 26.3 Å². The molecule has 312 valence electrons. The number of alkyl halides is 4. The minimum absolute atomic E-state index is 0.00153. The number of hydrogen-bond donors (Lipinski definition) is 3. The first kappa shape index (κ1) is 39.6. The highest BCUT2D eigenvalue weighted by molar-refractivity contribution is 7.89. The van der Waals surface area contributed by atoms with Crippen molar-refractivity contribution in [3.05, 3.63) is 116 Å². The lowest BCUT2D eigenvalue weighted by atomic mass is 9.91. The highest BCUT2D eigenvalue weighted by Crippen LogP contribution is 2.68. The molecule has 4 heterocycles. The average molecular weight is 873 g/mol. The summed E-state index contributed by atoms with van der Waals surface area (Å²) in [5.74, 6) is -9.77. The van der Waals surface area contributed by atoms with Crippen molar-refractivity contribution in [1.29, 1.82) is 0 Å². The third kappa shape index (κ3) is 6.77. The standard InChI is InChI=1S/C38H31ClF6N10O4S/c1-53-32-27(6-5-23(39)30(32)35(51-53)52-60(2,58)59)55-36(48-25-12-17(24-7-8-46-49-24)3-4-20(25)37(55)57)26(11-16-9-18(40)13-19(41)10-16)47-28(56)15-54-33-29(31(50-54)34(42)43)21-14-22(21)38(33,44)45/h3-10,12-13,21-22,26,30,32,34H,11,14-15H2,1-2H3,(H,46,49)(H,47,56)(H,51,52)/t21-,22+,26-,30?,32?/m0/s1. The molecule has 5 atom stereocenters. The monoisotopic (exact) mass is 872 g/mol. The molecular weight excluding hydrogens is 842 g/mol. The number of halogens is 7. The lowest BCUT2D eigenvalue weighted by molar-refractivity contribution is -0.123. The zero-order valence-corrected chi connectivity index (χ0v) is 32.7. The number of nitrogens with one attached hydrogen (secondary N) is 3. The van der Waals surface area contributed by atoms with E-state index in [1.165, 1.54) is 29.4 Å². The molecule has 4 aliphatic rings. The predicted octanol–water partition coefficient (Wildman–Crippen LogP) is 5.28. The van der Waals surface area contributed by atoms with Crippen molar-refractivity contribution in [2.24, 2.45) is 16.2 Å². The second-order valence-electron chi connectivity index (χ2n) is 15.1. The van der Waals surface area contributed by atoms with E-state index in [1.54, 1.807) is 25.2 Å². The number of rotatable bonds is 10. The molecule has 5 aromatic rings. The number of likely N-dealkylation sites (N-methyl/N-ethyl adjacent to an activating group) is 1. The number of aromatic nitrogens is 6. The van der Waals surface area contributed by atoms with Gasteiger partial charge in [0.2, 0.25) is 5.91 Å². The van der Waals surface area contributed by atoms with Gasteiger partial charge in [0.05, 0.1) is 40.9 Å². The predicted molar refractivity (Wildman–Crippen MR) is 205 cm³/mol. The first-order valence-corrected chi connectivity index (χ1v) is 20.6. The van der Waals surface area contributed by atoms with E-state index < -0.39 is 99.7 Å². The highest BCUT2D eigenvalue weighted by Gasteiger charge is 2.67. The Balaban J connectivity index is 1.22. The van der Waals surface area contributed by atoms with E-state index in [0.717, 1.165) is 23.0 Å². The van der Waals surface area contributed by atoms with E-state index in [9.17, 15) is 35.6 Å². The maximum absolute atomic E-state index is 15.5. The number of aromatic amines is 1. The summed E-state index contributed by atoms with van der Waals surface area (Å²) in [5, 5.41) is 14.9. The Hall–Kier alpha value is -5.80. The number of hydrazine groups is 1. The molecule has 0 bridgehead atoms. The Labute approximate surface area is 340 Å². The van der Waals surface area contributed by atoms with Gasteiger partial charge in [0, 0.05) is 53.5 Å². The minimum atomic E-state index is -3.96. The van der Waals surface area contributed by atoms with Crippen LogP contribution in [-0.4, -0.2) is 74.0 Å². The van der Waals surface area contributed by atoms with Gasteiger partial charge in [0.15, 0.2) is 0 Å². The summed E-state index contributed by atoms with van der Waals surface area (Å²) >= 11 is 6.67. The molecule has 60 heavy (non-hydrogen) atoms. The Morgan fingerprint density at radius 3 is 2.55 bits per heavy atom. The molecule has 3 aromatic heterocycles. The molecular formula is C38H31ClF6N10O4S. The maximum Gasteiger partial charge on any atom is 0.293 e. The van der Waals surface area contributed by atoms with Gasteiger partial charge in [0.1, 0.15) is 41.2 Å². The number of amidine groups is 1. The number of carbonyl (C=O) groups excluding carboxylic acids is 1. The number of nitrogens with zero attached hydrogens (tertiary/aromatic N) is 7. The second kappa shape index (κ2) is 14.2. The summed E-state index contributed by atoms with van der Waals surface area (Å²) in [6.07, 6.45) is 1.67. The number of carbonyl (C=O) groups is 1. The van der Waals surface area contributed by atoms with Gasteiger partial charge in [-0.25, -0.2) is 36.0 Å². The molecule has 1 saturated heterocycles. The van der Waals surface area contributed by atoms with Gasteiger partial charge < -0.3 is 10.7 Å². The van der Waals surface area contributed by atoms with Crippen molar-refractivity contribution in [3.63, 3.8) is 0 Å². The quantitative estimate of drug-likeness (QED) is 0.158. The Morgan fingerprint density at radius 2 is 1.87 bits per heavy atom. The molecule has 9 rings (SSSR count). The van der Waals surface area contributed by atoms with Gasteiger partial charge in [-0.2, -0.15) is 19.0 Å². The van der Waals surface area contributed by atoms with Crippen molar-refractivity contribution in [2.75, 3.05) is 13.3 Å². The molecule has 1 aliphatic heterocycles. The van der Waals surface area contributed by atoms with Crippen LogP contribution in [0.5, 0.6) is 0 Å². The third-order valence-electron chi connectivity index (χ3n) is 11.0. The highest BCUT2D eigenvalue weighted by atomic mass is 35.5. The molecule has 3 aliphatic carbocycles. The van der Waals surface area contributed by atoms with Gasteiger partial charge >= 0.3 is 0 Å². The number of H-pyrrole nitrogens is 1. The summed E-state index contributed by atoms with van der Waals surface area (Å²) in [4.78, 5) is 33.9. The van der Waals surface area contributed by atoms with Crippen LogP contribution in [0.1, 0.15) is 53.1 Å². The molecule has 1 saturated carbocycles. The lowest BCUT2D eigenvalue weighted by Gasteiger charge is -2.31. The van der Waals surface area contributed by atoms with E-state index in [4.69, 9.17) is 16.6 Å². The third-order valence-corrected chi connectivity index (χ3v) is 11.9. The van der Waals surface area contributed by atoms with Gasteiger partial charge in [0.25, 0.3) is 27.9 Å². The first-order chi connectivity index (χ1) is 28.4. The second-order valence-corrected chi connectivity index (χ2v) is 17.2. The van der Waals surface area contributed by atoms with E-state index in [0.29, 0.717) is 22.0 Å². The number of amides is 1. The molecule has 2 aromatic carbocycles. The number of sulfonamides is 1. The largest absolute Gasteiger partial charge is 0.344 e. The number of benzene rings is 2. The van der Waals surface area contributed by atoms with Crippen molar-refractivity contribution < 1.29 is 39.6 Å². The van der Waals surface area contributed by atoms with Gasteiger partial charge in [-0.1, -0.05) is 17.7 Å². The van der Waals surface area contributed by atoms with Gasteiger partial charge in [-0.3, -0.25) is 23.9 Å². The smallest absolute Gasteiger partial charge is 0.293 e. The van der Waals surface area contributed by atoms with Crippen LogP contribution in [0.2, 0.25) is 0 Å². The molecule has 0 spiro atoms. The van der Waals surface area contributed by atoms with Crippen molar-refractivity contribution >= 4 is 50.0 Å². The molecule has 3 N–H and O–H groups in total. The Bertz CT molecular complexity index is 2880. The molecule has 1 amide bonds. The summed E-state index contributed by atoms with van der Waals surface area (Å²) in [5.41, 5.74) is 1.63. The fraction of sp³-hybridized carbons (Fsp3) is 0.316. The lowest BCUT2D eigenvalue weighted by Crippen LogP contribution is -2.43. The van der Waals surface area contributed by atoms with E-state index in [2.05, 4.69) is 30.4 Å². The number of fused-ring (bicyclic) bond motifs is 5. The zero-order valence-electron chi connectivity index (χ0n) is 31.2. The van der Waals surface area contributed by atoms with Crippen LogP contribution in [0.3, 0.4) is 0 Å². The molecule has 14 nitrogen and oxygen atoms in total. The van der Waals surface area contributed by atoms with Crippen molar-refractivity contribution in [1.82, 2.24) is 45.3 Å². The van der Waals surface area contributed by atoms with Crippen LogP contribution in [0.25, 0.3) is 27.9 Å². The van der Waals surface area contributed by atoms with Crippen LogP contribution >= 0.6 is 11.6 Å². The topological polar surface area (TPSA) is 172 Å². The first-order valence-electron chi connectivity index (χ1n) is 18.3. The van der Waals surface area contributed by atoms with Crippen LogP contribution in [0, 0.1) is 23.5 Å². The minimum Gasteiger partial charge on any atom is -0.344 e. The molecule has 22 heteroatoms. The van der Waals surface area contributed by atoms with Crippen molar-refractivity contribution in [3.8, 4) is 11.3 Å². The fourth-order valence-electron chi connectivity index (χ4n) is 8.57. The maximum atomic E-state index is 15.5. The van der Waals surface area contributed by atoms with Crippen molar-refractivity contribution in [2.45, 2.75) is 49.7 Å². The fourth-order valence-corrected chi connectivity index (χ4v) is 9.37. The van der Waals surface area contributed by atoms with Gasteiger partial charge in [-0.05, 0) is 60.4 Å². The molecule has 0 radical (unpaired) electrons. The molecule has 2 fully saturated rings. The summed E-state index contributed by atoms with van der Waals surface area (Å²) in [7, 11) is -2.42. The Morgan fingerprint density at radius 1 is 1.12 bits per heavy atom. The van der Waals surface area contributed by atoms with E-state index in [-0.39, 0.29) is 50.8 Å².